The molecule has 0 bridgehead atoms. The van der Waals surface area contributed by atoms with Gasteiger partial charge in [-0.1, -0.05) is 0 Å². The number of amidine groups is 1. The van der Waals surface area contributed by atoms with E-state index in [0.717, 1.165) is 22.5 Å². The monoisotopic (exact) mass is 377 g/mol. The molecule has 1 aliphatic rings. The van der Waals surface area contributed by atoms with Crippen molar-refractivity contribution in [2.75, 3.05) is 13.7 Å². The number of ether oxygens (including phenoxy) is 1. The molecule has 1 unspecified atom stereocenters. The number of hydrogen-bond donors (Lipinski definition) is 2. The first kappa shape index (κ1) is 17.9. The summed E-state index contributed by atoms with van der Waals surface area (Å²) >= 11 is 0. The van der Waals surface area contributed by atoms with E-state index in [1.54, 1.807) is 38.6 Å². The number of imidazole rings is 1. The summed E-state index contributed by atoms with van der Waals surface area (Å²) in [6, 6.07) is 8.76. The molecule has 0 fully saturated rings. The van der Waals surface area contributed by atoms with Gasteiger partial charge in [-0.05, 0) is 48.9 Å². The maximum absolute atomic E-state index is 13.7. The Morgan fingerprint density at radius 3 is 2.68 bits per heavy atom. The predicted molar refractivity (Wildman–Crippen MR) is 106 cm³/mol. The van der Waals surface area contributed by atoms with Gasteiger partial charge in [-0.3, -0.25) is 9.98 Å². The van der Waals surface area contributed by atoms with E-state index in [4.69, 9.17) is 15.5 Å². The highest BCUT2D eigenvalue weighted by Crippen LogP contribution is 2.33. The zero-order valence-corrected chi connectivity index (χ0v) is 15.6. The number of pyridine rings is 1. The lowest BCUT2D eigenvalue weighted by Gasteiger charge is -2.18. The number of nitrogens with one attached hydrogen (secondary N) is 1. The van der Waals surface area contributed by atoms with Crippen LogP contribution in [0, 0.1) is 12.7 Å². The highest BCUT2D eigenvalue weighted by molar-refractivity contribution is 5.96. The normalized spacial score (nSPS) is 16.5. The van der Waals surface area contributed by atoms with Gasteiger partial charge in [0.2, 0.25) is 0 Å². The summed E-state index contributed by atoms with van der Waals surface area (Å²) in [5.74, 6) is 1.28. The smallest absolute Gasteiger partial charge is 0.161 e. The topological polar surface area (TPSA) is 89.2 Å². The van der Waals surface area contributed by atoms with Gasteiger partial charge in [0.25, 0.3) is 0 Å². The van der Waals surface area contributed by atoms with Gasteiger partial charge in [0.05, 0.1) is 25.0 Å². The molecule has 0 saturated heterocycles. The molecule has 0 radical (unpaired) electrons. The number of nitrogens with two attached hydrogens (primary N) is 1. The first-order valence-electron chi connectivity index (χ1n) is 8.89. The summed E-state index contributed by atoms with van der Waals surface area (Å²) in [4.78, 5) is 16.7. The molecule has 6 nitrogen and oxygen atoms in total. The minimum absolute atomic E-state index is 0.0757. The van der Waals surface area contributed by atoms with Crippen LogP contribution in [-0.2, 0) is 4.74 Å². The number of rotatable bonds is 4. The lowest BCUT2D eigenvalue weighted by Crippen LogP contribution is -2.23. The molecule has 0 spiro atoms. The van der Waals surface area contributed by atoms with Gasteiger partial charge in [0.15, 0.2) is 11.6 Å². The average Bonchev–Trinajstić information content (AvgIpc) is 3.16. The first-order valence-corrected chi connectivity index (χ1v) is 8.89. The second-order valence-electron chi connectivity index (χ2n) is 6.62. The summed E-state index contributed by atoms with van der Waals surface area (Å²) < 4.78 is 19.0. The molecule has 4 rings (SSSR count). The van der Waals surface area contributed by atoms with Crippen LogP contribution in [0.1, 0.15) is 17.2 Å². The minimum Gasteiger partial charge on any atom is -0.493 e. The SMILES string of the molecule is COC1=CC(c2[nH]c(-c3ccc(F)c(C)c3)nc2-c2ccncc2)CN=C1N. The Bertz CT molecular complexity index is 1070. The highest BCUT2D eigenvalue weighted by Gasteiger charge is 2.24. The number of H-pyrrole nitrogens is 1. The maximum Gasteiger partial charge on any atom is 0.161 e. The molecule has 28 heavy (non-hydrogen) atoms. The molecule has 3 aromatic rings. The van der Waals surface area contributed by atoms with Gasteiger partial charge in [0, 0.05) is 29.4 Å². The summed E-state index contributed by atoms with van der Waals surface area (Å²) in [5.41, 5.74) is 9.90. The number of methoxy groups -OCH3 is 1. The van der Waals surface area contributed by atoms with Gasteiger partial charge in [-0.25, -0.2) is 9.37 Å². The largest absolute Gasteiger partial charge is 0.493 e. The van der Waals surface area contributed by atoms with Crippen molar-refractivity contribution in [3.05, 3.63) is 71.6 Å². The van der Waals surface area contributed by atoms with E-state index in [2.05, 4.69) is 15.0 Å². The third-order valence-electron chi connectivity index (χ3n) is 4.77. The molecule has 0 aliphatic carbocycles. The van der Waals surface area contributed by atoms with Crippen LogP contribution in [0.5, 0.6) is 0 Å². The molecule has 1 atom stereocenters. The number of benzene rings is 1. The van der Waals surface area contributed by atoms with Gasteiger partial charge in [-0.2, -0.15) is 0 Å². The average molecular weight is 377 g/mol. The zero-order chi connectivity index (χ0) is 19.7. The van der Waals surface area contributed by atoms with E-state index in [-0.39, 0.29) is 11.7 Å². The second-order valence-corrected chi connectivity index (χ2v) is 6.62. The lowest BCUT2D eigenvalue weighted by molar-refractivity contribution is 0.309. The molecule has 0 amide bonds. The molecular formula is C21H20FN5O. The number of aryl methyl sites for hydroxylation is 1. The van der Waals surface area contributed by atoms with E-state index in [0.29, 0.717) is 29.5 Å². The molecule has 7 heteroatoms. The second kappa shape index (κ2) is 7.26. The lowest BCUT2D eigenvalue weighted by atomic mass is 9.98. The van der Waals surface area contributed by atoms with E-state index in [1.165, 1.54) is 6.07 Å². The van der Waals surface area contributed by atoms with E-state index < -0.39 is 0 Å². The highest BCUT2D eigenvalue weighted by atomic mass is 19.1. The summed E-state index contributed by atoms with van der Waals surface area (Å²) in [6.07, 6.45) is 5.39. The van der Waals surface area contributed by atoms with Crippen molar-refractivity contribution in [2.24, 2.45) is 10.7 Å². The number of hydrogen-bond acceptors (Lipinski definition) is 5. The van der Waals surface area contributed by atoms with Gasteiger partial charge >= 0.3 is 0 Å². The van der Waals surface area contributed by atoms with Crippen LogP contribution >= 0.6 is 0 Å². The number of dihydropyridines is 1. The van der Waals surface area contributed by atoms with Crippen molar-refractivity contribution in [1.29, 1.82) is 0 Å². The van der Waals surface area contributed by atoms with Gasteiger partial charge in [0.1, 0.15) is 11.6 Å². The molecule has 142 valence electrons. The summed E-state index contributed by atoms with van der Waals surface area (Å²) in [5, 5.41) is 0. The van der Waals surface area contributed by atoms with Gasteiger partial charge in [-0.15, -0.1) is 0 Å². The Hall–Kier alpha value is -3.48. The van der Waals surface area contributed by atoms with Crippen LogP contribution in [0.3, 0.4) is 0 Å². The van der Waals surface area contributed by atoms with Crippen molar-refractivity contribution in [3.8, 4) is 22.6 Å². The Balaban J connectivity index is 1.84. The molecule has 0 saturated carbocycles. The fraction of sp³-hybridized carbons (Fsp3) is 0.190. The van der Waals surface area contributed by atoms with Crippen molar-refractivity contribution in [2.45, 2.75) is 12.8 Å². The fourth-order valence-corrected chi connectivity index (χ4v) is 3.26. The van der Waals surface area contributed by atoms with E-state index >= 15 is 0 Å². The Morgan fingerprint density at radius 2 is 1.96 bits per heavy atom. The Labute approximate surface area is 162 Å². The number of aliphatic imine (C=N–C) groups is 1. The molecule has 1 aromatic carbocycles. The van der Waals surface area contributed by atoms with Crippen LogP contribution in [0.15, 0.2) is 59.6 Å². The van der Waals surface area contributed by atoms with Crippen LogP contribution in [0.4, 0.5) is 4.39 Å². The molecule has 3 N–H and O–H groups in total. The van der Waals surface area contributed by atoms with E-state index in [9.17, 15) is 4.39 Å². The Kier molecular flexibility index (Phi) is 4.65. The van der Waals surface area contributed by atoms with Crippen molar-refractivity contribution in [1.82, 2.24) is 15.0 Å². The van der Waals surface area contributed by atoms with Crippen LogP contribution in [0.25, 0.3) is 22.6 Å². The minimum atomic E-state index is -0.241. The maximum atomic E-state index is 13.7. The van der Waals surface area contributed by atoms with Crippen molar-refractivity contribution < 1.29 is 9.13 Å². The molecule has 1 aliphatic heterocycles. The van der Waals surface area contributed by atoms with Crippen LogP contribution in [-0.4, -0.2) is 34.4 Å². The van der Waals surface area contributed by atoms with Crippen LogP contribution < -0.4 is 5.73 Å². The predicted octanol–water partition coefficient (Wildman–Crippen LogP) is 3.57. The first-order chi connectivity index (χ1) is 13.6. The third kappa shape index (κ3) is 3.26. The standard InChI is InChI=1S/C21H20FN5O/c1-12-9-14(3-4-16(12)22)21-26-18(13-5-7-24-8-6-13)19(27-21)15-10-17(28-2)20(23)25-11-15/h3-10,15H,11H2,1-2H3,(H2,23,25)(H,26,27). The van der Waals surface area contributed by atoms with Crippen molar-refractivity contribution in [3.63, 3.8) is 0 Å². The Morgan fingerprint density at radius 1 is 1.18 bits per heavy atom. The molecule has 2 aromatic heterocycles. The summed E-state index contributed by atoms with van der Waals surface area (Å²) in [6.45, 7) is 2.22. The number of nitrogens with zero attached hydrogens (tertiary/aromatic N) is 3. The number of aromatic amines is 1. The number of aromatic nitrogens is 3. The quantitative estimate of drug-likeness (QED) is 0.727. The number of halogens is 1. The third-order valence-corrected chi connectivity index (χ3v) is 4.77. The summed E-state index contributed by atoms with van der Waals surface area (Å²) in [7, 11) is 1.57. The van der Waals surface area contributed by atoms with Crippen molar-refractivity contribution >= 4 is 5.84 Å². The zero-order valence-electron chi connectivity index (χ0n) is 15.6. The fourth-order valence-electron chi connectivity index (χ4n) is 3.26. The molecular weight excluding hydrogens is 357 g/mol. The van der Waals surface area contributed by atoms with Crippen LogP contribution in [0.2, 0.25) is 0 Å². The van der Waals surface area contributed by atoms with Gasteiger partial charge < -0.3 is 15.5 Å². The molecule has 3 heterocycles. The van der Waals surface area contributed by atoms with E-state index in [1.807, 2.05) is 18.2 Å².